The minimum Gasteiger partial charge on any atom is -0.453 e. The SMILES string of the molecule is COCc1ccc(C(=O)NC2(c3ccccc3)CCC2)o1. The number of hydrogen-bond acceptors (Lipinski definition) is 3. The zero-order valence-corrected chi connectivity index (χ0v) is 12.1. The van der Waals surface area contributed by atoms with Crippen LogP contribution in [0.4, 0.5) is 0 Å². The van der Waals surface area contributed by atoms with Crippen LogP contribution in [-0.2, 0) is 16.9 Å². The molecule has 1 heterocycles. The average molecular weight is 285 g/mol. The van der Waals surface area contributed by atoms with E-state index < -0.39 is 0 Å². The number of amides is 1. The van der Waals surface area contributed by atoms with E-state index in [0.29, 0.717) is 18.1 Å². The van der Waals surface area contributed by atoms with E-state index in [2.05, 4.69) is 17.4 Å². The van der Waals surface area contributed by atoms with Gasteiger partial charge in [-0.05, 0) is 37.0 Å². The molecule has 1 N–H and O–H groups in total. The second-order valence-corrected chi connectivity index (χ2v) is 5.45. The molecule has 4 nitrogen and oxygen atoms in total. The van der Waals surface area contributed by atoms with Crippen LogP contribution >= 0.6 is 0 Å². The summed E-state index contributed by atoms with van der Waals surface area (Å²) in [6.45, 7) is 0.372. The molecule has 0 aliphatic heterocycles. The van der Waals surface area contributed by atoms with E-state index in [1.165, 1.54) is 0 Å². The number of ether oxygens (including phenoxy) is 1. The molecule has 2 aromatic rings. The van der Waals surface area contributed by atoms with Crippen molar-refractivity contribution in [3.8, 4) is 0 Å². The third kappa shape index (κ3) is 2.72. The van der Waals surface area contributed by atoms with E-state index >= 15 is 0 Å². The van der Waals surface area contributed by atoms with Crippen molar-refractivity contribution in [1.82, 2.24) is 5.32 Å². The highest BCUT2D eigenvalue weighted by Gasteiger charge is 2.40. The van der Waals surface area contributed by atoms with Crippen molar-refractivity contribution in [1.29, 1.82) is 0 Å². The first-order valence-electron chi connectivity index (χ1n) is 7.19. The fraction of sp³-hybridized carbons (Fsp3) is 0.353. The Labute approximate surface area is 124 Å². The van der Waals surface area contributed by atoms with Crippen molar-refractivity contribution in [2.45, 2.75) is 31.4 Å². The van der Waals surface area contributed by atoms with E-state index in [4.69, 9.17) is 9.15 Å². The lowest BCUT2D eigenvalue weighted by atomic mass is 9.71. The largest absolute Gasteiger partial charge is 0.453 e. The van der Waals surface area contributed by atoms with Gasteiger partial charge >= 0.3 is 0 Å². The van der Waals surface area contributed by atoms with Gasteiger partial charge in [0.1, 0.15) is 12.4 Å². The molecule has 110 valence electrons. The van der Waals surface area contributed by atoms with Gasteiger partial charge in [-0.3, -0.25) is 4.79 Å². The van der Waals surface area contributed by atoms with E-state index in [1.54, 1.807) is 19.2 Å². The summed E-state index contributed by atoms with van der Waals surface area (Å²) in [5.41, 5.74) is 0.917. The minimum atomic E-state index is -0.243. The van der Waals surface area contributed by atoms with Gasteiger partial charge in [0.25, 0.3) is 5.91 Å². The van der Waals surface area contributed by atoms with Crippen molar-refractivity contribution in [3.05, 3.63) is 59.5 Å². The van der Waals surface area contributed by atoms with Gasteiger partial charge in [-0.25, -0.2) is 0 Å². The molecule has 1 aromatic heterocycles. The van der Waals surface area contributed by atoms with Gasteiger partial charge in [-0.2, -0.15) is 0 Å². The fourth-order valence-corrected chi connectivity index (χ4v) is 2.77. The second kappa shape index (κ2) is 5.74. The molecule has 1 fully saturated rings. The van der Waals surface area contributed by atoms with Gasteiger partial charge in [-0.15, -0.1) is 0 Å². The Morgan fingerprint density at radius 3 is 2.62 bits per heavy atom. The van der Waals surface area contributed by atoms with Gasteiger partial charge in [0.2, 0.25) is 0 Å². The lowest BCUT2D eigenvalue weighted by Crippen LogP contribution is -2.50. The van der Waals surface area contributed by atoms with Crippen LogP contribution in [0.1, 0.15) is 41.1 Å². The molecule has 0 saturated heterocycles. The Balaban J connectivity index is 1.76. The molecule has 3 rings (SSSR count). The Kier molecular flexibility index (Phi) is 3.80. The topological polar surface area (TPSA) is 51.5 Å². The van der Waals surface area contributed by atoms with Crippen LogP contribution in [-0.4, -0.2) is 13.0 Å². The maximum Gasteiger partial charge on any atom is 0.287 e. The molecule has 0 radical (unpaired) electrons. The number of benzene rings is 1. The lowest BCUT2D eigenvalue weighted by molar-refractivity contribution is 0.0787. The van der Waals surface area contributed by atoms with Gasteiger partial charge in [-0.1, -0.05) is 30.3 Å². The third-order valence-electron chi connectivity index (χ3n) is 4.06. The summed E-state index contributed by atoms with van der Waals surface area (Å²) in [6, 6.07) is 13.6. The van der Waals surface area contributed by atoms with Gasteiger partial charge in [0.15, 0.2) is 5.76 Å². The maximum absolute atomic E-state index is 12.4. The zero-order chi connectivity index (χ0) is 14.7. The van der Waals surface area contributed by atoms with Crippen molar-refractivity contribution in [3.63, 3.8) is 0 Å². The molecule has 21 heavy (non-hydrogen) atoms. The quantitative estimate of drug-likeness (QED) is 0.917. The molecule has 0 atom stereocenters. The van der Waals surface area contributed by atoms with Crippen molar-refractivity contribution in [2.24, 2.45) is 0 Å². The number of carbonyl (C=O) groups is 1. The number of rotatable bonds is 5. The summed E-state index contributed by atoms with van der Waals surface area (Å²) in [6.07, 6.45) is 3.06. The van der Waals surface area contributed by atoms with Crippen LogP contribution in [0.25, 0.3) is 0 Å². The second-order valence-electron chi connectivity index (χ2n) is 5.45. The Morgan fingerprint density at radius 1 is 1.24 bits per heavy atom. The van der Waals surface area contributed by atoms with Crippen LogP contribution < -0.4 is 5.32 Å². The van der Waals surface area contributed by atoms with Crippen LogP contribution in [0, 0.1) is 0 Å². The summed E-state index contributed by atoms with van der Waals surface area (Å²) in [7, 11) is 1.60. The van der Waals surface area contributed by atoms with Crippen molar-refractivity contribution in [2.75, 3.05) is 7.11 Å². The fourth-order valence-electron chi connectivity index (χ4n) is 2.77. The van der Waals surface area contributed by atoms with E-state index in [0.717, 1.165) is 24.8 Å². The lowest BCUT2D eigenvalue weighted by Gasteiger charge is -2.42. The van der Waals surface area contributed by atoms with Crippen molar-refractivity contribution < 1.29 is 13.9 Å². The molecule has 1 amide bonds. The molecular weight excluding hydrogens is 266 g/mol. The first kappa shape index (κ1) is 13.9. The molecule has 0 unspecified atom stereocenters. The Hall–Kier alpha value is -2.07. The first-order chi connectivity index (χ1) is 10.2. The molecule has 4 heteroatoms. The van der Waals surface area contributed by atoms with Crippen LogP contribution in [0.5, 0.6) is 0 Å². The molecule has 1 aliphatic rings. The number of carbonyl (C=O) groups excluding carboxylic acids is 1. The summed E-state index contributed by atoms with van der Waals surface area (Å²) >= 11 is 0. The highest BCUT2D eigenvalue weighted by molar-refractivity contribution is 5.92. The molecule has 1 aliphatic carbocycles. The summed E-state index contributed by atoms with van der Waals surface area (Å²) in [5, 5.41) is 3.14. The normalized spacial score (nSPS) is 16.2. The molecular formula is C17H19NO3. The molecule has 1 saturated carbocycles. The van der Waals surface area contributed by atoms with E-state index in [1.807, 2.05) is 18.2 Å². The van der Waals surface area contributed by atoms with E-state index in [9.17, 15) is 4.79 Å². The average Bonchev–Trinajstić information content (AvgIpc) is 2.93. The van der Waals surface area contributed by atoms with Crippen LogP contribution in [0.15, 0.2) is 46.9 Å². The smallest absolute Gasteiger partial charge is 0.287 e. The number of methoxy groups -OCH3 is 1. The Bertz CT molecular complexity index is 614. The minimum absolute atomic E-state index is 0.166. The number of nitrogens with one attached hydrogen (secondary N) is 1. The maximum atomic E-state index is 12.4. The Morgan fingerprint density at radius 2 is 2.00 bits per heavy atom. The molecule has 1 aromatic carbocycles. The third-order valence-corrected chi connectivity index (χ3v) is 4.06. The van der Waals surface area contributed by atoms with Crippen molar-refractivity contribution >= 4 is 5.91 Å². The van der Waals surface area contributed by atoms with Gasteiger partial charge < -0.3 is 14.5 Å². The standard InChI is InChI=1S/C17H19NO3/c1-20-12-14-8-9-15(21-14)16(19)18-17(10-5-11-17)13-6-3-2-4-7-13/h2-4,6-9H,5,10-12H2,1H3,(H,18,19). The number of furan rings is 1. The zero-order valence-electron chi connectivity index (χ0n) is 12.1. The first-order valence-corrected chi connectivity index (χ1v) is 7.19. The molecule has 0 spiro atoms. The predicted molar refractivity (Wildman–Crippen MR) is 78.9 cm³/mol. The van der Waals surface area contributed by atoms with Crippen LogP contribution in [0.2, 0.25) is 0 Å². The predicted octanol–water partition coefficient (Wildman–Crippen LogP) is 3.24. The summed E-state index contributed by atoms with van der Waals surface area (Å²) in [4.78, 5) is 12.4. The molecule has 0 bridgehead atoms. The van der Waals surface area contributed by atoms with E-state index in [-0.39, 0.29) is 11.4 Å². The van der Waals surface area contributed by atoms with Gasteiger partial charge in [0.05, 0.1) is 5.54 Å². The van der Waals surface area contributed by atoms with Gasteiger partial charge in [0, 0.05) is 7.11 Å². The highest BCUT2D eigenvalue weighted by atomic mass is 16.5. The highest BCUT2D eigenvalue weighted by Crippen LogP contribution is 2.41. The summed E-state index contributed by atoms with van der Waals surface area (Å²) < 4.78 is 10.5. The van der Waals surface area contributed by atoms with Crippen LogP contribution in [0.3, 0.4) is 0 Å². The summed E-state index contributed by atoms with van der Waals surface area (Å²) in [5.74, 6) is 0.829. The number of hydrogen-bond donors (Lipinski definition) is 1. The monoisotopic (exact) mass is 285 g/mol.